The minimum Gasteiger partial charge on any atom is -0.306 e. The average Bonchev–Trinajstić information content (AvgIpc) is 2.74. The average molecular weight is 212 g/mol. The maximum Gasteiger partial charge on any atom is 0.123 e. The second-order valence-electron chi connectivity index (χ2n) is 3.59. The van der Waals surface area contributed by atoms with Crippen molar-refractivity contribution < 1.29 is 4.39 Å². The van der Waals surface area contributed by atoms with Crippen LogP contribution < -0.4 is 0 Å². The van der Waals surface area contributed by atoms with Crippen molar-refractivity contribution in [1.29, 1.82) is 0 Å². The first-order valence-electron chi connectivity index (χ1n) is 5.02. The quantitative estimate of drug-likeness (QED) is 0.605. The van der Waals surface area contributed by atoms with Crippen LogP contribution in [0.5, 0.6) is 0 Å². The van der Waals surface area contributed by atoms with Gasteiger partial charge in [-0.25, -0.2) is 9.37 Å². The number of hydrogen-bond donors (Lipinski definition) is 0. The lowest BCUT2D eigenvalue weighted by molar-refractivity contribution is 0.628. The van der Waals surface area contributed by atoms with Gasteiger partial charge in [0.1, 0.15) is 5.82 Å². The first kappa shape index (κ1) is 9.09. The van der Waals surface area contributed by atoms with Gasteiger partial charge in [0.15, 0.2) is 0 Å². The fraction of sp³-hybridized carbons (Fsp3) is 0. The molecular weight excluding hydrogens is 203 g/mol. The van der Waals surface area contributed by atoms with Crippen LogP contribution in [0.2, 0.25) is 0 Å². The van der Waals surface area contributed by atoms with E-state index in [-0.39, 0.29) is 5.82 Å². The molecule has 1 aromatic carbocycles. The van der Waals surface area contributed by atoms with E-state index in [1.807, 2.05) is 28.8 Å². The van der Waals surface area contributed by atoms with Crippen LogP contribution in [0.25, 0.3) is 16.8 Å². The van der Waals surface area contributed by atoms with Gasteiger partial charge in [0, 0.05) is 11.8 Å². The molecule has 0 saturated carbocycles. The van der Waals surface area contributed by atoms with Crippen LogP contribution in [0.4, 0.5) is 4.39 Å². The SMILES string of the molecule is Fc1ccc(-c2ncn3ccccc23)cc1. The molecule has 0 aliphatic carbocycles. The lowest BCUT2D eigenvalue weighted by Crippen LogP contribution is -1.81. The van der Waals surface area contributed by atoms with Crippen LogP contribution in [0.3, 0.4) is 0 Å². The summed E-state index contributed by atoms with van der Waals surface area (Å²) in [5.41, 5.74) is 2.82. The molecule has 2 nitrogen and oxygen atoms in total. The monoisotopic (exact) mass is 212 g/mol. The molecule has 0 amide bonds. The lowest BCUT2D eigenvalue weighted by atomic mass is 10.1. The Hall–Kier alpha value is -2.16. The van der Waals surface area contributed by atoms with Crippen molar-refractivity contribution in [3.05, 3.63) is 60.8 Å². The molecule has 0 aliphatic heterocycles. The number of pyridine rings is 1. The predicted octanol–water partition coefficient (Wildman–Crippen LogP) is 3.14. The van der Waals surface area contributed by atoms with Crippen LogP contribution in [-0.2, 0) is 0 Å². The Kier molecular flexibility index (Phi) is 1.96. The maximum absolute atomic E-state index is 12.8. The fourth-order valence-corrected chi connectivity index (χ4v) is 1.77. The van der Waals surface area contributed by atoms with Crippen molar-refractivity contribution in [3.8, 4) is 11.3 Å². The molecule has 0 saturated heterocycles. The first-order valence-corrected chi connectivity index (χ1v) is 5.02. The lowest BCUT2D eigenvalue weighted by Gasteiger charge is -1.98. The van der Waals surface area contributed by atoms with Gasteiger partial charge in [0.25, 0.3) is 0 Å². The molecule has 0 fully saturated rings. The van der Waals surface area contributed by atoms with Crippen LogP contribution >= 0.6 is 0 Å². The summed E-state index contributed by atoms with van der Waals surface area (Å²) in [7, 11) is 0. The number of hydrogen-bond acceptors (Lipinski definition) is 1. The second-order valence-corrected chi connectivity index (χ2v) is 3.59. The highest BCUT2D eigenvalue weighted by molar-refractivity contribution is 5.76. The Morgan fingerprint density at radius 1 is 1.00 bits per heavy atom. The smallest absolute Gasteiger partial charge is 0.123 e. The molecule has 2 heterocycles. The van der Waals surface area contributed by atoms with Crippen LogP contribution in [0.15, 0.2) is 55.0 Å². The molecule has 3 rings (SSSR count). The van der Waals surface area contributed by atoms with Crippen molar-refractivity contribution in [2.24, 2.45) is 0 Å². The van der Waals surface area contributed by atoms with E-state index >= 15 is 0 Å². The molecule has 3 heteroatoms. The molecule has 3 aromatic rings. The van der Waals surface area contributed by atoms with Crippen molar-refractivity contribution in [1.82, 2.24) is 9.38 Å². The van der Waals surface area contributed by atoms with Gasteiger partial charge in [-0.3, -0.25) is 0 Å². The molecule has 0 spiro atoms. The number of imidazole rings is 1. The molecule has 0 aliphatic rings. The molecule has 2 aromatic heterocycles. The van der Waals surface area contributed by atoms with Gasteiger partial charge in [0.05, 0.1) is 17.5 Å². The summed E-state index contributed by atoms with van der Waals surface area (Å²) in [6.07, 6.45) is 3.70. The molecule has 0 unspecified atom stereocenters. The Morgan fingerprint density at radius 2 is 1.81 bits per heavy atom. The molecule has 0 N–H and O–H groups in total. The van der Waals surface area contributed by atoms with Gasteiger partial charge >= 0.3 is 0 Å². The summed E-state index contributed by atoms with van der Waals surface area (Å²) in [6.45, 7) is 0. The Morgan fingerprint density at radius 3 is 2.62 bits per heavy atom. The van der Waals surface area contributed by atoms with E-state index in [9.17, 15) is 4.39 Å². The number of fused-ring (bicyclic) bond motifs is 1. The summed E-state index contributed by atoms with van der Waals surface area (Å²) < 4.78 is 14.8. The van der Waals surface area contributed by atoms with Crippen molar-refractivity contribution in [2.75, 3.05) is 0 Å². The highest BCUT2D eigenvalue weighted by atomic mass is 19.1. The number of rotatable bonds is 1. The minimum absolute atomic E-state index is 0.229. The third-order valence-corrected chi connectivity index (χ3v) is 2.56. The van der Waals surface area contributed by atoms with E-state index < -0.39 is 0 Å². The molecule has 0 atom stereocenters. The fourth-order valence-electron chi connectivity index (χ4n) is 1.77. The van der Waals surface area contributed by atoms with E-state index in [0.717, 1.165) is 16.8 Å². The third-order valence-electron chi connectivity index (χ3n) is 2.56. The molecule has 0 radical (unpaired) electrons. The molecule has 0 bridgehead atoms. The number of nitrogens with zero attached hydrogens (tertiary/aromatic N) is 2. The first-order chi connectivity index (χ1) is 7.84. The van der Waals surface area contributed by atoms with Gasteiger partial charge in [-0.15, -0.1) is 0 Å². The summed E-state index contributed by atoms with van der Waals surface area (Å²) >= 11 is 0. The normalized spacial score (nSPS) is 10.8. The van der Waals surface area contributed by atoms with E-state index in [0.29, 0.717) is 0 Å². The van der Waals surface area contributed by atoms with E-state index in [4.69, 9.17) is 0 Å². The summed E-state index contributed by atoms with van der Waals surface area (Å²) in [5.74, 6) is -0.229. The van der Waals surface area contributed by atoms with Gasteiger partial charge in [-0.1, -0.05) is 6.07 Å². The molecule has 78 valence electrons. The maximum atomic E-state index is 12.8. The Labute approximate surface area is 92.0 Å². The minimum atomic E-state index is -0.229. The molecule has 16 heavy (non-hydrogen) atoms. The number of aromatic nitrogens is 2. The zero-order valence-electron chi connectivity index (χ0n) is 8.47. The Balaban J connectivity index is 2.22. The van der Waals surface area contributed by atoms with E-state index in [2.05, 4.69) is 4.98 Å². The highest BCUT2D eigenvalue weighted by Crippen LogP contribution is 2.22. The van der Waals surface area contributed by atoms with Crippen molar-refractivity contribution in [3.63, 3.8) is 0 Å². The largest absolute Gasteiger partial charge is 0.306 e. The van der Waals surface area contributed by atoms with Crippen LogP contribution in [0.1, 0.15) is 0 Å². The number of halogens is 1. The van der Waals surface area contributed by atoms with Crippen molar-refractivity contribution in [2.45, 2.75) is 0 Å². The molecular formula is C13H9FN2. The topological polar surface area (TPSA) is 17.3 Å². The summed E-state index contributed by atoms with van der Waals surface area (Å²) in [5, 5.41) is 0. The zero-order chi connectivity index (χ0) is 11.0. The third kappa shape index (κ3) is 1.37. The van der Waals surface area contributed by atoms with E-state index in [1.165, 1.54) is 12.1 Å². The van der Waals surface area contributed by atoms with Crippen molar-refractivity contribution >= 4 is 5.52 Å². The van der Waals surface area contributed by atoms with E-state index in [1.54, 1.807) is 18.5 Å². The summed E-state index contributed by atoms with van der Waals surface area (Å²) in [4.78, 5) is 4.34. The zero-order valence-corrected chi connectivity index (χ0v) is 8.47. The van der Waals surface area contributed by atoms with Gasteiger partial charge in [-0.05, 0) is 36.4 Å². The van der Waals surface area contributed by atoms with Gasteiger partial charge in [0.2, 0.25) is 0 Å². The Bertz CT molecular complexity index is 626. The van der Waals surface area contributed by atoms with Crippen LogP contribution in [-0.4, -0.2) is 9.38 Å². The van der Waals surface area contributed by atoms with Gasteiger partial charge in [-0.2, -0.15) is 0 Å². The standard InChI is InChI=1S/C13H9FN2/c14-11-6-4-10(5-7-11)13-12-3-1-2-8-16(12)9-15-13/h1-9H. The highest BCUT2D eigenvalue weighted by Gasteiger charge is 2.05. The summed E-state index contributed by atoms with van der Waals surface area (Å²) in [6, 6.07) is 12.3. The van der Waals surface area contributed by atoms with Crippen LogP contribution in [0, 0.1) is 5.82 Å². The van der Waals surface area contributed by atoms with Gasteiger partial charge < -0.3 is 4.40 Å². The predicted molar refractivity (Wildman–Crippen MR) is 60.6 cm³/mol. The second kappa shape index (κ2) is 3.45. The number of benzene rings is 1.